The molecule has 0 spiro atoms. The summed E-state index contributed by atoms with van der Waals surface area (Å²) in [5.41, 5.74) is 8.47. The van der Waals surface area contributed by atoms with Gasteiger partial charge in [-0.2, -0.15) is 11.3 Å². The summed E-state index contributed by atoms with van der Waals surface area (Å²) in [5.74, 6) is 1.65. The van der Waals surface area contributed by atoms with Crippen LogP contribution in [-0.4, -0.2) is 29.0 Å². The summed E-state index contributed by atoms with van der Waals surface area (Å²) >= 11 is 1.66. The highest BCUT2D eigenvalue weighted by Crippen LogP contribution is 2.30. The maximum atomic E-state index is 6.21. The van der Waals surface area contributed by atoms with E-state index in [1.165, 1.54) is 0 Å². The Morgan fingerprint density at radius 2 is 2.33 bits per heavy atom. The minimum Gasteiger partial charge on any atom is -0.441 e. The molecule has 1 aliphatic rings. The van der Waals surface area contributed by atoms with Crippen LogP contribution >= 0.6 is 11.3 Å². The Morgan fingerprint density at radius 3 is 3.00 bits per heavy atom. The lowest BCUT2D eigenvalue weighted by atomic mass is 9.79. The molecule has 1 fully saturated rings. The van der Waals surface area contributed by atoms with Crippen molar-refractivity contribution in [3.05, 3.63) is 28.3 Å². The molecule has 2 N–H and O–H groups in total. The Labute approximate surface area is 130 Å². The van der Waals surface area contributed by atoms with Crippen LogP contribution in [0.4, 0.5) is 0 Å². The highest BCUT2D eigenvalue weighted by molar-refractivity contribution is 7.08. The van der Waals surface area contributed by atoms with Crippen LogP contribution in [0.3, 0.4) is 0 Å². The molecule has 0 radical (unpaired) electrons. The lowest BCUT2D eigenvalue weighted by molar-refractivity contribution is 0.0887. The molecule has 2 aromatic rings. The summed E-state index contributed by atoms with van der Waals surface area (Å²) in [7, 11) is 0. The smallest absolute Gasteiger partial charge is 0.227 e. The van der Waals surface area contributed by atoms with Crippen LogP contribution in [0.1, 0.15) is 31.7 Å². The van der Waals surface area contributed by atoms with Crippen molar-refractivity contribution in [1.29, 1.82) is 0 Å². The van der Waals surface area contributed by atoms with Gasteiger partial charge in [-0.25, -0.2) is 4.98 Å². The van der Waals surface area contributed by atoms with E-state index in [1.807, 2.05) is 18.4 Å². The van der Waals surface area contributed by atoms with Gasteiger partial charge in [0.15, 0.2) is 0 Å². The number of hydrogen-bond donors (Lipinski definition) is 1. The van der Waals surface area contributed by atoms with Crippen LogP contribution in [0.2, 0.25) is 0 Å². The number of aryl methyl sites for hydroxylation is 1. The second-order valence-electron chi connectivity index (χ2n) is 6.63. The molecule has 2 aromatic heterocycles. The zero-order valence-corrected chi connectivity index (χ0v) is 13.7. The van der Waals surface area contributed by atoms with Crippen LogP contribution in [0.25, 0.3) is 11.5 Å². The summed E-state index contributed by atoms with van der Waals surface area (Å²) in [6.07, 6.45) is 1.04. The lowest BCUT2D eigenvalue weighted by Gasteiger charge is -2.42. The van der Waals surface area contributed by atoms with Gasteiger partial charge in [-0.3, -0.25) is 4.90 Å². The topological polar surface area (TPSA) is 55.3 Å². The standard InChI is InChI=1S/C16H23N3OS/c1-11-13(18-15(20-11)12-5-7-21-9-12)8-19-6-4-14(17)16(2,3)10-19/h5,7,9,14H,4,6,8,10,17H2,1-3H3. The zero-order chi connectivity index (χ0) is 15.0. The van der Waals surface area contributed by atoms with Crippen LogP contribution in [0.5, 0.6) is 0 Å². The van der Waals surface area contributed by atoms with E-state index in [-0.39, 0.29) is 11.5 Å². The highest BCUT2D eigenvalue weighted by atomic mass is 32.1. The summed E-state index contributed by atoms with van der Waals surface area (Å²) in [4.78, 5) is 7.12. The summed E-state index contributed by atoms with van der Waals surface area (Å²) < 4.78 is 5.82. The first kappa shape index (κ1) is 14.8. The van der Waals surface area contributed by atoms with E-state index in [2.05, 4.69) is 29.1 Å². The number of nitrogens with two attached hydrogens (primary N) is 1. The molecular formula is C16H23N3OS. The molecule has 0 amide bonds. The van der Waals surface area contributed by atoms with Crippen LogP contribution in [0, 0.1) is 12.3 Å². The zero-order valence-electron chi connectivity index (χ0n) is 12.9. The van der Waals surface area contributed by atoms with E-state index in [0.717, 1.165) is 49.0 Å². The Kier molecular flexibility index (Phi) is 3.90. The maximum Gasteiger partial charge on any atom is 0.227 e. The maximum absolute atomic E-state index is 6.21. The number of piperidine rings is 1. The lowest BCUT2D eigenvalue weighted by Crippen LogP contribution is -2.52. The van der Waals surface area contributed by atoms with Gasteiger partial charge in [-0.15, -0.1) is 0 Å². The van der Waals surface area contributed by atoms with E-state index < -0.39 is 0 Å². The van der Waals surface area contributed by atoms with Gasteiger partial charge in [0.25, 0.3) is 0 Å². The predicted molar refractivity (Wildman–Crippen MR) is 86.2 cm³/mol. The highest BCUT2D eigenvalue weighted by Gasteiger charge is 2.33. The van der Waals surface area contributed by atoms with Gasteiger partial charge in [0, 0.05) is 36.6 Å². The Balaban J connectivity index is 1.74. The Morgan fingerprint density at radius 1 is 1.52 bits per heavy atom. The van der Waals surface area contributed by atoms with Gasteiger partial charge in [0.05, 0.1) is 5.69 Å². The Hall–Kier alpha value is -1.17. The van der Waals surface area contributed by atoms with Gasteiger partial charge >= 0.3 is 0 Å². The van der Waals surface area contributed by atoms with Crippen molar-refractivity contribution in [1.82, 2.24) is 9.88 Å². The first-order chi connectivity index (χ1) is 9.95. The third-order valence-electron chi connectivity index (χ3n) is 4.43. The molecule has 0 bridgehead atoms. The van der Waals surface area contributed by atoms with E-state index >= 15 is 0 Å². The molecule has 21 heavy (non-hydrogen) atoms. The summed E-state index contributed by atoms with van der Waals surface area (Å²) in [5, 5.41) is 4.11. The first-order valence-electron chi connectivity index (χ1n) is 7.42. The molecule has 1 atom stereocenters. The summed E-state index contributed by atoms with van der Waals surface area (Å²) in [6.45, 7) is 9.38. The van der Waals surface area contributed by atoms with Crippen molar-refractivity contribution >= 4 is 11.3 Å². The second kappa shape index (κ2) is 5.55. The van der Waals surface area contributed by atoms with Crippen LogP contribution in [-0.2, 0) is 6.54 Å². The normalized spacial score (nSPS) is 22.6. The van der Waals surface area contributed by atoms with Crippen molar-refractivity contribution in [3.8, 4) is 11.5 Å². The largest absolute Gasteiger partial charge is 0.441 e. The van der Waals surface area contributed by atoms with Gasteiger partial charge in [0.1, 0.15) is 5.76 Å². The number of rotatable bonds is 3. The van der Waals surface area contributed by atoms with E-state index in [9.17, 15) is 0 Å². The minimum atomic E-state index is 0.159. The van der Waals surface area contributed by atoms with E-state index in [4.69, 9.17) is 10.2 Å². The van der Waals surface area contributed by atoms with Crippen molar-refractivity contribution < 1.29 is 4.42 Å². The average Bonchev–Trinajstić information content (AvgIpc) is 3.04. The third kappa shape index (κ3) is 3.05. The van der Waals surface area contributed by atoms with E-state index in [1.54, 1.807) is 11.3 Å². The first-order valence-corrected chi connectivity index (χ1v) is 8.37. The van der Waals surface area contributed by atoms with Crippen molar-refractivity contribution in [2.24, 2.45) is 11.1 Å². The number of hydrogen-bond acceptors (Lipinski definition) is 5. The molecule has 0 saturated carbocycles. The summed E-state index contributed by atoms with van der Waals surface area (Å²) in [6, 6.07) is 2.33. The van der Waals surface area contributed by atoms with Gasteiger partial charge in [0.2, 0.25) is 5.89 Å². The SMILES string of the molecule is Cc1oc(-c2ccsc2)nc1CN1CCC(N)C(C)(C)C1. The number of likely N-dealkylation sites (tertiary alicyclic amines) is 1. The molecule has 3 rings (SSSR count). The molecule has 1 aliphatic heterocycles. The molecule has 1 saturated heterocycles. The van der Waals surface area contributed by atoms with Crippen molar-refractivity contribution in [3.63, 3.8) is 0 Å². The Bertz CT molecular complexity index is 603. The predicted octanol–water partition coefficient (Wildman–Crippen LogP) is 3.27. The van der Waals surface area contributed by atoms with Gasteiger partial charge < -0.3 is 10.2 Å². The minimum absolute atomic E-state index is 0.159. The van der Waals surface area contributed by atoms with Crippen molar-refractivity contribution in [2.45, 2.75) is 39.8 Å². The fraction of sp³-hybridized carbons (Fsp3) is 0.562. The van der Waals surface area contributed by atoms with Gasteiger partial charge in [-0.1, -0.05) is 13.8 Å². The molecule has 0 aliphatic carbocycles. The molecule has 1 unspecified atom stereocenters. The number of aromatic nitrogens is 1. The van der Waals surface area contributed by atoms with Gasteiger partial charge in [-0.05, 0) is 30.2 Å². The molecule has 114 valence electrons. The van der Waals surface area contributed by atoms with Crippen LogP contribution in [0.15, 0.2) is 21.2 Å². The third-order valence-corrected chi connectivity index (χ3v) is 5.11. The van der Waals surface area contributed by atoms with E-state index in [0.29, 0.717) is 0 Å². The quantitative estimate of drug-likeness (QED) is 0.945. The number of nitrogens with zero attached hydrogens (tertiary/aromatic N) is 2. The number of thiophene rings is 1. The second-order valence-corrected chi connectivity index (χ2v) is 7.41. The van der Waals surface area contributed by atoms with Crippen LogP contribution < -0.4 is 5.73 Å². The number of oxazole rings is 1. The fourth-order valence-corrected chi connectivity index (χ4v) is 3.55. The fourth-order valence-electron chi connectivity index (χ4n) is 2.92. The molecule has 3 heterocycles. The molecule has 5 heteroatoms. The molecule has 0 aromatic carbocycles. The molecular weight excluding hydrogens is 282 g/mol. The average molecular weight is 305 g/mol. The van der Waals surface area contributed by atoms with Crippen molar-refractivity contribution in [2.75, 3.05) is 13.1 Å². The monoisotopic (exact) mass is 305 g/mol. The molecule has 4 nitrogen and oxygen atoms in total.